The summed E-state index contributed by atoms with van der Waals surface area (Å²) in [6.45, 7) is 2.09. The van der Waals surface area contributed by atoms with Gasteiger partial charge in [-0.2, -0.15) is 0 Å². The number of hydrogen-bond donors (Lipinski definition) is 1. The molecule has 1 heterocycles. The molecule has 0 aliphatic carbocycles. The number of rotatable bonds is 0. The highest BCUT2D eigenvalue weighted by atomic mass is 79.9. The predicted octanol–water partition coefficient (Wildman–Crippen LogP) is 3.24. The van der Waals surface area contributed by atoms with Gasteiger partial charge >= 0.3 is 0 Å². The van der Waals surface area contributed by atoms with Crippen LogP contribution in [-0.4, -0.2) is 4.98 Å². The van der Waals surface area contributed by atoms with Gasteiger partial charge in [0.2, 0.25) is 0 Å². The first-order chi connectivity index (χ1) is 5.25. The number of aromatic nitrogens is 1. The second-order valence-corrected chi connectivity index (χ2v) is 3.56. The fourth-order valence-electron chi connectivity index (χ4n) is 1.21. The molecular formula is C9H8BrN. The summed E-state index contributed by atoms with van der Waals surface area (Å²) in [5.74, 6) is 0. The van der Waals surface area contributed by atoms with Crippen LogP contribution in [0.3, 0.4) is 0 Å². The number of halogens is 1. The minimum absolute atomic E-state index is 1.04. The smallest absolute Gasteiger partial charge is 0.0830 e. The van der Waals surface area contributed by atoms with Gasteiger partial charge in [-0.05, 0) is 40.5 Å². The van der Waals surface area contributed by atoms with Crippen molar-refractivity contribution in [2.75, 3.05) is 0 Å². The number of nitrogens with one attached hydrogen (secondary N) is 1. The number of aryl methyl sites for hydroxylation is 1. The lowest BCUT2D eigenvalue weighted by Crippen LogP contribution is -1.70. The van der Waals surface area contributed by atoms with Crippen LogP contribution in [0.2, 0.25) is 0 Å². The van der Waals surface area contributed by atoms with Crippen molar-refractivity contribution < 1.29 is 0 Å². The standard InChI is InChI=1S/C9H8BrN/c1-6-2-3-7-5-9(10)11-8(7)4-6/h2-5,11H,1H3. The van der Waals surface area contributed by atoms with Gasteiger partial charge in [0.15, 0.2) is 0 Å². The molecule has 0 spiro atoms. The molecule has 2 aromatic rings. The lowest BCUT2D eigenvalue weighted by molar-refractivity contribution is 1.40. The molecule has 56 valence electrons. The Morgan fingerprint density at radius 2 is 2.09 bits per heavy atom. The van der Waals surface area contributed by atoms with Gasteiger partial charge in [-0.1, -0.05) is 12.1 Å². The number of H-pyrrole nitrogens is 1. The Labute approximate surface area is 73.6 Å². The topological polar surface area (TPSA) is 15.8 Å². The molecule has 1 N–H and O–H groups in total. The van der Waals surface area contributed by atoms with Crippen molar-refractivity contribution in [3.8, 4) is 0 Å². The molecule has 0 saturated carbocycles. The van der Waals surface area contributed by atoms with Crippen LogP contribution in [0.4, 0.5) is 0 Å². The number of hydrogen-bond acceptors (Lipinski definition) is 0. The summed E-state index contributed by atoms with van der Waals surface area (Å²) >= 11 is 3.39. The lowest BCUT2D eigenvalue weighted by Gasteiger charge is -1.90. The number of aromatic amines is 1. The van der Waals surface area contributed by atoms with Gasteiger partial charge in [-0.15, -0.1) is 0 Å². The highest BCUT2D eigenvalue weighted by Gasteiger charge is 1.96. The first-order valence-corrected chi connectivity index (χ1v) is 4.30. The Balaban J connectivity index is 2.82. The van der Waals surface area contributed by atoms with Crippen LogP contribution >= 0.6 is 15.9 Å². The van der Waals surface area contributed by atoms with Crippen LogP contribution < -0.4 is 0 Å². The largest absolute Gasteiger partial charge is 0.349 e. The van der Waals surface area contributed by atoms with Crippen LogP contribution in [-0.2, 0) is 0 Å². The third-order valence-corrected chi connectivity index (χ3v) is 2.17. The van der Waals surface area contributed by atoms with Gasteiger partial charge in [0.05, 0.1) is 4.60 Å². The zero-order valence-electron chi connectivity index (χ0n) is 6.19. The van der Waals surface area contributed by atoms with Crippen molar-refractivity contribution in [2.24, 2.45) is 0 Å². The Kier molecular flexibility index (Phi) is 1.50. The Morgan fingerprint density at radius 3 is 2.91 bits per heavy atom. The van der Waals surface area contributed by atoms with Crippen molar-refractivity contribution in [3.05, 3.63) is 34.4 Å². The van der Waals surface area contributed by atoms with E-state index in [4.69, 9.17) is 0 Å². The summed E-state index contributed by atoms with van der Waals surface area (Å²) in [5, 5.41) is 1.25. The first kappa shape index (κ1) is 6.92. The van der Waals surface area contributed by atoms with E-state index in [1.807, 2.05) is 0 Å². The molecule has 0 atom stereocenters. The van der Waals surface area contributed by atoms with E-state index in [0.29, 0.717) is 0 Å². The normalized spacial score (nSPS) is 10.7. The van der Waals surface area contributed by atoms with E-state index in [1.54, 1.807) is 0 Å². The molecule has 1 aromatic heterocycles. The average Bonchev–Trinajstić information content (AvgIpc) is 2.27. The summed E-state index contributed by atoms with van der Waals surface area (Å²) < 4.78 is 1.04. The average molecular weight is 210 g/mol. The lowest BCUT2D eigenvalue weighted by atomic mass is 10.2. The minimum atomic E-state index is 1.04. The molecule has 0 aliphatic heterocycles. The van der Waals surface area contributed by atoms with Crippen molar-refractivity contribution in [2.45, 2.75) is 6.92 Å². The fraction of sp³-hybridized carbons (Fsp3) is 0.111. The predicted molar refractivity (Wildman–Crippen MR) is 50.7 cm³/mol. The third-order valence-electron chi connectivity index (χ3n) is 1.75. The second kappa shape index (κ2) is 2.38. The molecule has 0 fully saturated rings. The summed E-state index contributed by atoms with van der Waals surface area (Å²) in [4.78, 5) is 3.22. The van der Waals surface area contributed by atoms with Crippen molar-refractivity contribution in [1.29, 1.82) is 0 Å². The molecule has 0 aliphatic rings. The zero-order chi connectivity index (χ0) is 7.84. The summed E-state index contributed by atoms with van der Waals surface area (Å²) in [5.41, 5.74) is 2.48. The monoisotopic (exact) mass is 209 g/mol. The molecular weight excluding hydrogens is 202 g/mol. The minimum Gasteiger partial charge on any atom is -0.349 e. The van der Waals surface area contributed by atoms with Crippen molar-refractivity contribution in [1.82, 2.24) is 4.98 Å². The maximum atomic E-state index is 3.39. The Hall–Kier alpha value is -0.760. The van der Waals surface area contributed by atoms with Crippen LogP contribution in [0, 0.1) is 6.92 Å². The maximum absolute atomic E-state index is 3.39. The summed E-state index contributed by atoms with van der Waals surface area (Å²) in [7, 11) is 0. The molecule has 11 heavy (non-hydrogen) atoms. The van der Waals surface area contributed by atoms with E-state index in [0.717, 1.165) is 4.60 Å². The first-order valence-electron chi connectivity index (χ1n) is 3.50. The van der Waals surface area contributed by atoms with Gasteiger partial charge < -0.3 is 4.98 Å². The van der Waals surface area contributed by atoms with Crippen LogP contribution in [0.5, 0.6) is 0 Å². The van der Waals surface area contributed by atoms with E-state index in [-0.39, 0.29) is 0 Å². The van der Waals surface area contributed by atoms with Gasteiger partial charge in [0, 0.05) is 10.9 Å². The molecule has 0 amide bonds. The van der Waals surface area contributed by atoms with E-state index < -0.39 is 0 Å². The molecule has 1 nitrogen and oxygen atoms in total. The molecule has 0 bridgehead atoms. The Bertz CT molecular complexity index is 389. The molecule has 1 aromatic carbocycles. The highest BCUT2D eigenvalue weighted by Crippen LogP contribution is 2.19. The third kappa shape index (κ3) is 1.18. The fourth-order valence-corrected chi connectivity index (χ4v) is 1.67. The molecule has 2 rings (SSSR count). The van der Waals surface area contributed by atoms with Gasteiger partial charge in [-0.25, -0.2) is 0 Å². The van der Waals surface area contributed by atoms with Gasteiger partial charge in [-0.3, -0.25) is 0 Å². The van der Waals surface area contributed by atoms with Crippen molar-refractivity contribution in [3.63, 3.8) is 0 Å². The quantitative estimate of drug-likeness (QED) is 0.686. The molecule has 0 unspecified atom stereocenters. The van der Waals surface area contributed by atoms with E-state index in [2.05, 4.69) is 52.1 Å². The SMILES string of the molecule is Cc1ccc2cc(Br)[nH]c2c1. The summed E-state index contributed by atoms with van der Waals surface area (Å²) in [6.07, 6.45) is 0. The Morgan fingerprint density at radius 1 is 1.27 bits per heavy atom. The zero-order valence-corrected chi connectivity index (χ0v) is 7.77. The van der Waals surface area contributed by atoms with Crippen LogP contribution in [0.1, 0.15) is 5.56 Å². The van der Waals surface area contributed by atoms with Crippen LogP contribution in [0.25, 0.3) is 10.9 Å². The van der Waals surface area contributed by atoms with Crippen LogP contribution in [0.15, 0.2) is 28.9 Å². The number of benzene rings is 1. The molecule has 0 radical (unpaired) electrons. The molecule has 0 saturated heterocycles. The van der Waals surface area contributed by atoms with E-state index >= 15 is 0 Å². The maximum Gasteiger partial charge on any atom is 0.0830 e. The van der Waals surface area contributed by atoms with Gasteiger partial charge in [0.1, 0.15) is 0 Å². The van der Waals surface area contributed by atoms with Crippen molar-refractivity contribution >= 4 is 26.8 Å². The van der Waals surface area contributed by atoms with E-state index in [9.17, 15) is 0 Å². The van der Waals surface area contributed by atoms with Gasteiger partial charge in [0.25, 0.3) is 0 Å². The summed E-state index contributed by atoms with van der Waals surface area (Å²) in [6, 6.07) is 8.45. The number of fused-ring (bicyclic) bond motifs is 1. The van der Waals surface area contributed by atoms with E-state index in [1.165, 1.54) is 16.5 Å². The molecule has 2 heteroatoms. The highest BCUT2D eigenvalue weighted by molar-refractivity contribution is 9.10. The second-order valence-electron chi connectivity index (χ2n) is 2.71.